The highest BCUT2D eigenvalue weighted by atomic mass is 19.1. The van der Waals surface area contributed by atoms with Crippen molar-refractivity contribution in [3.8, 4) is 5.75 Å². The van der Waals surface area contributed by atoms with Gasteiger partial charge in [0.2, 0.25) is 0 Å². The number of nitrogens with zero attached hydrogens (tertiary/aromatic N) is 1. The Morgan fingerprint density at radius 1 is 1.40 bits per heavy atom. The highest BCUT2D eigenvalue weighted by Crippen LogP contribution is 2.21. The van der Waals surface area contributed by atoms with Crippen LogP contribution in [0.1, 0.15) is 18.5 Å². The minimum atomic E-state index is -0.226. The SMILES string of the molecule is CNC(C)c1ccc(OCCN2CCOCC2)cc1F. The molecule has 4 nitrogen and oxygen atoms in total. The monoisotopic (exact) mass is 282 g/mol. The average molecular weight is 282 g/mol. The molecule has 1 aromatic rings. The lowest BCUT2D eigenvalue weighted by Gasteiger charge is -2.26. The molecule has 0 amide bonds. The topological polar surface area (TPSA) is 33.7 Å². The highest BCUT2D eigenvalue weighted by molar-refractivity contribution is 5.30. The van der Waals surface area contributed by atoms with Gasteiger partial charge >= 0.3 is 0 Å². The molecular formula is C15H23FN2O2. The molecule has 1 heterocycles. The Bertz CT molecular complexity index is 422. The first-order valence-electron chi connectivity index (χ1n) is 7.10. The Balaban J connectivity index is 1.82. The number of morpholine rings is 1. The fraction of sp³-hybridized carbons (Fsp3) is 0.600. The van der Waals surface area contributed by atoms with E-state index in [0.29, 0.717) is 17.9 Å². The van der Waals surface area contributed by atoms with Crippen LogP contribution in [-0.2, 0) is 4.74 Å². The zero-order valence-electron chi connectivity index (χ0n) is 12.2. The van der Waals surface area contributed by atoms with Gasteiger partial charge in [-0.2, -0.15) is 0 Å². The van der Waals surface area contributed by atoms with Crippen LogP contribution in [0.25, 0.3) is 0 Å². The molecule has 1 aliphatic rings. The van der Waals surface area contributed by atoms with E-state index in [2.05, 4.69) is 10.2 Å². The van der Waals surface area contributed by atoms with Crippen molar-refractivity contribution in [1.29, 1.82) is 0 Å². The lowest BCUT2D eigenvalue weighted by molar-refractivity contribution is 0.0322. The number of hydrogen-bond donors (Lipinski definition) is 1. The first kappa shape index (κ1) is 15.2. The van der Waals surface area contributed by atoms with Crippen LogP contribution in [-0.4, -0.2) is 51.4 Å². The van der Waals surface area contributed by atoms with Crippen molar-refractivity contribution in [2.45, 2.75) is 13.0 Å². The summed E-state index contributed by atoms with van der Waals surface area (Å²) in [6, 6.07) is 5.06. The maximum Gasteiger partial charge on any atom is 0.131 e. The second kappa shape index (κ2) is 7.57. The van der Waals surface area contributed by atoms with Crippen LogP contribution in [0.4, 0.5) is 4.39 Å². The number of halogens is 1. The number of nitrogens with one attached hydrogen (secondary N) is 1. The molecule has 112 valence electrons. The van der Waals surface area contributed by atoms with Crippen LogP contribution in [0, 0.1) is 5.82 Å². The van der Waals surface area contributed by atoms with Gasteiger partial charge < -0.3 is 14.8 Å². The summed E-state index contributed by atoms with van der Waals surface area (Å²) in [5.41, 5.74) is 0.660. The molecule has 1 atom stereocenters. The molecule has 0 saturated carbocycles. The van der Waals surface area contributed by atoms with E-state index in [1.807, 2.05) is 20.0 Å². The van der Waals surface area contributed by atoms with E-state index in [0.717, 1.165) is 32.8 Å². The van der Waals surface area contributed by atoms with Gasteiger partial charge in [0.05, 0.1) is 13.2 Å². The third-order valence-corrected chi connectivity index (χ3v) is 3.65. The molecule has 0 radical (unpaired) electrons. The molecule has 0 aliphatic carbocycles. The molecular weight excluding hydrogens is 259 g/mol. The molecule has 1 aromatic carbocycles. The van der Waals surface area contributed by atoms with Gasteiger partial charge in [0, 0.05) is 37.3 Å². The van der Waals surface area contributed by atoms with E-state index in [-0.39, 0.29) is 11.9 Å². The van der Waals surface area contributed by atoms with Gasteiger partial charge in [0.15, 0.2) is 0 Å². The molecule has 0 spiro atoms. The van der Waals surface area contributed by atoms with E-state index in [1.54, 1.807) is 6.07 Å². The number of benzene rings is 1. The fourth-order valence-corrected chi connectivity index (χ4v) is 2.22. The van der Waals surface area contributed by atoms with Crippen LogP contribution in [0.15, 0.2) is 18.2 Å². The first-order valence-corrected chi connectivity index (χ1v) is 7.10. The summed E-state index contributed by atoms with van der Waals surface area (Å²) in [6.45, 7) is 6.79. The zero-order valence-corrected chi connectivity index (χ0v) is 12.2. The first-order chi connectivity index (χ1) is 9.70. The molecule has 20 heavy (non-hydrogen) atoms. The van der Waals surface area contributed by atoms with Crippen molar-refractivity contribution in [3.05, 3.63) is 29.6 Å². The van der Waals surface area contributed by atoms with Gasteiger partial charge in [0.1, 0.15) is 18.2 Å². The van der Waals surface area contributed by atoms with Gasteiger partial charge in [0.25, 0.3) is 0 Å². The number of rotatable bonds is 6. The summed E-state index contributed by atoms with van der Waals surface area (Å²) in [4.78, 5) is 2.29. The zero-order chi connectivity index (χ0) is 14.4. The van der Waals surface area contributed by atoms with Crippen molar-refractivity contribution >= 4 is 0 Å². The van der Waals surface area contributed by atoms with Crippen LogP contribution >= 0.6 is 0 Å². The minimum Gasteiger partial charge on any atom is -0.492 e. The molecule has 1 unspecified atom stereocenters. The Morgan fingerprint density at radius 3 is 2.80 bits per heavy atom. The fourth-order valence-electron chi connectivity index (χ4n) is 2.22. The number of ether oxygens (including phenoxy) is 2. The largest absolute Gasteiger partial charge is 0.492 e. The number of hydrogen-bond acceptors (Lipinski definition) is 4. The predicted molar refractivity (Wildman–Crippen MR) is 76.6 cm³/mol. The van der Waals surface area contributed by atoms with E-state index in [4.69, 9.17) is 9.47 Å². The van der Waals surface area contributed by atoms with Crippen LogP contribution in [0.3, 0.4) is 0 Å². The lowest BCUT2D eigenvalue weighted by Crippen LogP contribution is -2.38. The van der Waals surface area contributed by atoms with Gasteiger partial charge in [-0.3, -0.25) is 4.90 Å². The molecule has 5 heteroatoms. The van der Waals surface area contributed by atoms with E-state index < -0.39 is 0 Å². The highest BCUT2D eigenvalue weighted by Gasteiger charge is 2.12. The summed E-state index contributed by atoms with van der Waals surface area (Å²) in [5, 5.41) is 3.03. The standard InChI is InChI=1S/C15H23FN2O2/c1-12(17-2)14-4-3-13(11-15(14)16)20-10-7-18-5-8-19-9-6-18/h3-4,11-12,17H,5-10H2,1-2H3. The summed E-state index contributed by atoms with van der Waals surface area (Å²) in [5.74, 6) is 0.360. The summed E-state index contributed by atoms with van der Waals surface area (Å²) >= 11 is 0. The summed E-state index contributed by atoms with van der Waals surface area (Å²) in [6.07, 6.45) is 0. The normalized spacial score (nSPS) is 17.9. The summed E-state index contributed by atoms with van der Waals surface area (Å²) in [7, 11) is 1.82. The molecule has 1 saturated heterocycles. The van der Waals surface area contributed by atoms with Crippen LogP contribution in [0.2, 0.25) is 0 Å². The summed E-state index contributed by atoms with van der Waals surface area (Å²) < 4.78 is 24.8. The van der Waals surface area contributed by atoms with Gasteiger partial charge in [-0.1, -0.05) is 6.07 Å². The third kappa shape index (κ3) is 4.16. The van der Waals surface area contributed by atoms with Crippen molar-refractivity contribution in [3.63, 3.8) is 0 Å². The molecule has 0 bridgehead atoms. The van der Waals surface area contributed by atoms with E-state index in [1.165, 1.54) is 6.07 Å². The molecule has 1 N–H and O–H groups in total. The second-order valence-electron chi connectivity index (χ2n) is 5.00. The van der Waals surface area contributed by atoms with Gasteiger partial charge in [-0.25, -0.2) is 4.39 Å². The molecule has 0 aromatic heterocycles. The Morgan fingerprint density at radius 2 is 2.15 bits per heavy atom. The lowest BCUT2D eigenvalue weighted by atomic mass is 10.1. The Hall–Kier alpha value is -1.17. The van der Waals surface area contributed by atoms with E-state index >= 15 is 0 Å². The Labute approximate surface area is 119 Å². The van der Waals surface area contributed by atoms with Crippen LogP contribution < -0.4 is 10.1 Å². The Kier molecular flexibility index (Phi) is 5.76. The van der Waals surface area contributed by atoms with Gasteiger partial charge in [-0.15, -0.1) is 0 Å². The van der Waals surface area contributed by atoms with Crippen molar-refractivity contribution in [1.82, 2.24) is 10.2 Å². The molecule has 1 aliphatic heterocycles. The smallest absolute Gasteiger partial charge is 0.131 e. The van der Waals surface area contributed by atoms with Crippen molar-refractivity contribution < 1.29 is 13.9 Å². The molecule has 1 fully saturated rings. The second-order valence-corrected chi connectivity index (χ2v) is 5.00. The maximum absolute atomic E-state index is 13.9. The van der Waals surface area contributed by atoms with Gasteiger partial charge in [-0.05, 0) is 20.0 Å². The quantitative estimate of drug-likeness (QED) is 0.863. The predicted octanol–water partition coefficient (Wildman–Crippen LogP) is 1.82. The van der Waals surface area contributed by atoms with Crippen molar-refractivity contribution in [2.75, 3.05) is 46.5 Å². The average Bonchev–Trinajstić information content (AvgIpc) is 2.48. The molecule has 2 rings (SSSR count). The van der Waals surface area contributed by atoms with E-state index in [9.17, 15) is 4.39 Å². The maximum atomic E-state index is 13.9. The van der Waals surface area contributed by atoms with Crippen molar-refractivity contribution in [2.24, 2.45) is 0 Å². The third-order valence-electron chi connectivity index (χ3n) is 3.65. The minimum absolute atomic E-state index is 0.00241. The van der Waals surface area contributed by atoms with Crippen LogP contribution in [0.5, 0.6) is 5.75 Å².